The molecule has 4 nitrogen and oxygen atoms in total. The van der Waals surface area contributed by atoms with Gasteiger partial charge in [0.1, 0.15) is 0 Å². The first-order valence-corrected chi connectivity index (χ1v) is 7.17. The maximum absolute atomic E-state index is 12.0. The van der Waals surface area contributed by atoms with Gasteiger partial charge in [0.25, 0.3) is 0 Å². The van der Waals surface area contributed by atoms with E-state index in [2.05, 4.69) is 43.1 Å². The highest BCUT2D eigenvalue weighted by atomic mass is 16.1. The zero-order valence-electron chi connectivity index (χ0n) is 12.4. The Morgan fingerprint density at radius 3 is 2.44 bits per heavy atom. The third kappa shape index (κ3) is 5.36. The normalized spacial score (nSPS) is 18.6. The second kappa shape index (κ2) is 7.74. The molecule has 0 aliphatic carbocycles. The van der Waals surface area contributed by atoms with Crippen molar-refractivity contribution in [2.75, 3.05) is 40.3 Å². The molecule has 1 rings (SSSR count). The van der Waals surface area contributed by atoms with Crippen molar-refractivity contribution in [3.05, 3.63) is 0 Å². The average Bonchev–Trinajstić information content (AvgIpc) is 2.34. The average molecular weight is 255 g/mol. The van der Waals surface area contributed by atoms with Crippen LogP contribution in [-0.2, 0) is 4.79 Å². The van der Waals surface area contributed by atoms with E-state index in [0.717, 1.165) is 45.4 Å². The third-order valence-electron chi connectivity index (χ3n) is 3.71. The van der Waals surface area contributed by atoms with Crippen molar-refractivity contribution in [2.45, 2.75) is 39.2 Å². The van der Waals surface area contributed by atoms with Crippen LogP contribution in [0.15, 0.2) is 0 Å². The molecule has 1 N–H and O–H groups in total. The molecule has 1 heterocycles. The summed E-state index contributed by atoms with van der Waals surface area (Å²) in [7, 11) is 4.12. The second-order valence-corrected chi connectivity index (χ2v) is 5.85. The summed E-state index contributed by atoms with van der Waals surface area (Å²) >= 11 is 0. The molecule has 0 atom stereocenters. The van der Waals surface area contributed by atoms with Gasteiger partial charge in [0, 0.05) is 18.5 Å². The van der Waals surface area contributed by atoms with Crippen molar-refractivity contribution in [2.24, 2.45) is 5.92 Å². The molecule has 4 heteroatoms. The Bertz CT molecular complexity index is 245. The Balaban J connectivity index is 2.16. The monoisotopic (exact) mass is 255 g/mol. The molecule has 1 fully saturated rings. The van der Waals surface area contributed by atoms with Crippen molar-refractivity contribution >= 4 is 5.91 Å². The molecule has 1 aliphatic heterocycles. The summed E-state index contributed by atoms with van der Waals surface area (Å²) in [6.45, 7) is 8.41. The minimum absolute atomic E-state index is 0.236. The minimum Gasteiger partial charge on any atom is -0.356 e. The van der Waals surface area contributed by atoms with Crippen LogP contribution >= 0.6 is 0 Å². The predicted octanol–water partition coefficient (Wildman–Crippen LogP) is 1.17. The van der Waals surface area contributed by atoms with Gasteiger partial charge in [-0.1, -0.05) is 0 Å². The Labute approximate surface area is 112 Å². The fraction of sp³-hybridized carbons (Fsp3) is 0.929. The largest absolute Gasteiger partial charge is 0.356 e. The lowest BCUT2D eigenvalue weighted by Gasteiger charge is -2.33. The van der Waals surface area contributed by atoms with Crippen LogP contribution < -0.4 is 5.32 Å². The number of hydrogen-bond acceptors (Lipinski definition) is 3. The van der Waals surface area contributed by atoms with E-state index in [9.17, 15) is 4.79 Å². The van der Waals surface area contributed by atoms with Crippen LogP contribution in [0.4, 0.5) is 0 Å². The molecule has 1 amide bonds. The first-order valence-electron chi connectivity index (χ1n) is 7.17. The van der Waals surface area contributed by atoms with E-state index in [0.29, 0.717) is 6.04 Å². The number of nitrogens with one attached hydrogen (secondary N) is 1. The van der Waals surface area contributed by atoms with Gasteiger partial charge in [0.05, 0.1) is 0 Å². The van der Waals surface area contributed by atoms with Gasteiger partial charge in [-0.25, -0.2) is 0 Å². The van der Waals surface area contributed by atoms with Crippen LogP contribution in [0.1, 0.15) is 33.1 Å². The number of likely N-dealkylation sites (tertiary alicyclic amines) is 1. The Morgan fingerprint density at radius 2 is 1.94 bits per heavy atom. The number of carbonyl (C=O) groups excluding carboxylic acids is 1. The van der Waals surface area contributed by atoms with Gasteiger partial charge in [-0.05, 0) is 66.8 Å². The maximum atomic E-state index is 12.0. The molecule has 0 aromatic heterocycles. The highest BCUT2D eigenvalue weighted by molar-refractivity contribution is 5.78. The number of hydrogen-bond donors (Lipinski definition) is 1. The Morgan fingerprint density at radius 1 is 1.33 bits per heavy atom. The van der Waals surface area contributed by atoms with E-state index in [4.69, 9.17) is 0 Å². The quantitative estimate of drug-likeness (QED) is 0.724. The predicted molar refractivity (Wildman–Crippen MR) is 75.6 cm³/mol. The van der Waals surface area contributed by atoms with E-state index < -0.39 is 0 Å². The fourth-order valence-corrected chi connectivity index (χ4v) is 2.43. The third-order valence-corrected chi connectivity index (χ3v) is 3.71. The number of nitrogens with zero attached hydrogens (tertiary/aromatic N) is 2. The number of rotatable bonds is 6. The number of piperidine rings is 1. The van der Waals surface area contributed by atoms with E-state index in [-0.39, 0.29) is 11.8 Å². The van der Waals surface area contributed by atoms with Crippen LogP contribution in [0, 0.1) is 5.92 Å². The smallest absolute Gasteiger partial charge is 0.223 e. The van der Waals surface area contributed by atoms with Gasteiger partial charge in [-0.15, -0.1) is 0 Å². The molecular weight excluding hydrogens is 226 g/mol. The van der Waals surface area contributed by atoms with E-state index in [1.165, 1.54) is 0 Å². The van der Waals surface area contributed by atoms with Crippen molar-refractivity contribution in [3.8, 4) is 0 Å². The van der Waals surface area contributed by atoms with Crippen molar-refractivity contribution in [3.63, 3.8) is 0 Å². The molecule has 0 radical (unpaired) electrons. The van der Waals surface area contributed by atoms with Crippen LogP contribution in [0.2, 0.25) is 0 Å². The lowest BCUT2D eigenvalue weighted by atomic mass is 9.95. The standard InChI is InChI=1S/C14H29N3O/c1-12(2)17-10-6-13(7-11-17)14(18)15-8-5-9-16(3)4/h12-13H,5-11H2,1-4H3,(H,15,18). The molecule has 0 aromatic rings. The number of amides is 1. The maximum Gasteiger partial charge on any atom is 0.223 e. The SMILES string of the molecule is CC(C)N1CCC(C(=O)NCCCN(C)C)CC1. The van der Waals surface area contributed by atoms with Gasteiger partial charge in [-0.2, -0.15) is 0 Å². The lowest BCUT2D eigenvalue weighted by Crippen LogP contribution is -2.43. The minimum atomic E-state index is 0.236. The molecule has 1 saturated heterocycles. The molecule has 0 saturated carbocycles. The van der Waals surface area contributed by atoms with Crippen LogP contribution in [0.5, 0.6) is 0 Å². The highest BCUT2D eigenvalue weighted by Crippen LogP contribution is 2.18. The van der Waals surface area contributed by atoms with E-state index >= 15 is 0 Å². The van der Waals surface area contributed by atoms with Gasteiger partial charge >= 0.3 is 0 Å². The molecule has 0 aromatic carbocycles. The van der Waals surface area contributed by atoms with Gasteiger partial charge in [0.15, 0.2) is 0 Å². The highest BCUT2D eigenvalue weighted by Gasteiger charge is 2.25. The Hall–Kier alpha value is -0.610. The summed E-state index contributed by atoms with van der Waals surface area (Å²) in [6, 6.07) is 0.606. The summed E-state index contributed by atoms with van der Waals surface area (Å²) in [6.07, 6.45) is 3.05. The van der Waals surface area contributed by atoms with Crippen molar-refractivity contribution in [1.82, 2.24) is 15.1 Å². The summed E-state index contributed by atoms with van der Waals surface area (Å²) in [5.74, 6) is 0.497. The van der Waals surface area contributed by atoms with Gasteiger partial charge < -0.3 is 15.1 Å². The fourth-order valence-electron chi connectivity index (χ4n) is 2.43. The van der Waals surface area contributed by atoms with Crippen LogP contribution in [0.25, 0.3) is 0 Å². The van der Waals surface area contributed by atoms with E-state index in [1.807, 2.05) is 0 Å². The molecule has 1 aliphatic rings. The molecular formula is C14H29N3O. The van der Waals surface area contributed by atoms with Crippen LogP contribution in [-0.4, -0.2) is 62.0 Å². The summed E-state index contributed by atoms with van der Waals surface area (Å²) in [4.78, 5) is 16.6. The zero-order valence-corrected chi connectivity index (χ0v) is 12.4. The zero-order chi connectivity index (χ0) is 13.5. The molecule has 0 spiro atoms. The molecule has 106 valence electrons. The molecule has 18 heavy (non-hydrogen) atoms. The first-order chi connectivity index (χ1) is 8.50. The number of carbonyl (C=O) groups is 1. The summed E-state index contributed by atoms with van der Waals surface area (Å²) < 4.78 is 0. The molecule has 0 unspecified atom stereocenters. The van der Waals surface area contributed by atoms with Gasteiger partial charge in [0.2, 0.25) is 5.91 Å². The second-order valence-electron chi connectivity index (χ2n) is 5.85. The van der Waals surface area contributed by atoms with E-state index in [1.54, 1.807) is 0 Å². The summed E-state index contributed by atoms with van der Waals surface area (Å²) in [5.41, 5.74) is 0. The molecule has 0 bridgehead atoms. The first kappa shape index (κ1) is 15.4. The Kier molecular flexibility index (Phi) is 6.65. The van der Waals surface area contributed by atoms with Crippen molar-refractivity contribution < 1.29 is 4.79 Å². The lowest BCUT2D eigenvalue weighted by molar-refractivity contribution is -0.126. The van der Waals surface area contributed by atoms with Crippen molar-refractivity contribution in [1.29, 1.82) is 0 Å². The van der Waals surface area contributed by atoms with Gasteiger partial charge in [-0.3, -0.25) is 4.79 Å². The topological polar surface area (TPSA) is 35.6 Å². The summed E-state index contributed by atoms with van der Waals surface area (Å²) in [5, 5.41) is 3.07. The van der Waals surface area contributed by atoms with Crippen LogP contribution in [0.3, 0.4) is 0 Å².